The van der Waals surface area contributed by atoms with Gasteiger partial charge >= 0.3 is 5.97 Å². The molecule has 0 aliphatic heterocycles. The molecular weight excluding hydrogens is 388 g/mol. The van der Waals surface area contributed by atoms with Crippen LogP contribution in [0.4, 0.5) is 4.39 Å². The van der Waals surface area contributed by atoms with Crippen molar-refractivity contribution in [3.63, 3.8) is 0 Å². The maximum atomic E-state index is 12.7. The Bertz CT molecular complexity index is 452. The van der Waals surface area contributed by atoms with E-state index in [1.165, 1.54) is 19.2 Å². The third kappa shape index (κ3) is 8.49. The molecule has 0 radical (unpaired) electrons. The van der Waals surface area contributed by atoms with E-state index >= 15 is 0 Å². The summed E-state index contributed by atoms with van der Waals surface area (Å²) in [4.78, 5) is 15.0. The molecule has 0 atom stereocenters. The third-order valence-electron chi connectivity index (χ3n) is 2.69. The van der Waals surface area contributed by atoms with Gasteiger partial charge in [-0.1, -0.05) is 12.1 Å². The Labute approximate surface area is 141 Å². The highest BCUT2D eigenvalue weighted by atomic mass is 127. The molecule has 1 aromatic carbocycles. The Balaban J connectivity index is 0.00000400. The first-order chi connectivity index (χ1) is 9.65. The van der Waals surface area contributed by atoms with Gasteiger partial charge in [-0.25, -0.2) is 4.39 Å². The lowest BCUT2D eigenvalue weighted by molar-refractivity contribution is -0.140. The van der Waals surface area contributed by atoms with Gasteiger partial charge in [-0.05, 0) is 24.1 Å². The van der Waals surface area contributed by atoms with E-state index in [4.69, 9.17) is 0 Å². The van der Waals surface area contributed by atoms with Crippen LogP contribution in [0.5, 0.6) is 0 Å². The molecule has 0 aliphatic carbocycles. The highest BCUT2D eigenvalue weighted by molar-refractivity contribution is 14.0. The SMILES string of the molecule is CN=C(NCCC(=O)OC)NCCc1ccc(F)cc1.I. The van der Waals surface area contributed by atoms with Crippen molar-refractivity contribution in [2.24, 2.45) is 4.99 Å². The fourth-order valence-electron chi connectivity index (χ4n) is 1.58. The molecule has 0 aromatic heterocycles. The van der Waals surface area contributed by atoms with Crippen molar-refractivity contribution in [3.05, 3.63) is 35.6 Å². The van der Waals surface area contributed by atoms with Gasteiger partial charge in [-0.15, -0.1) is 24.0 Å². The number of guanidine groups is 1. The standard InChI is InChI=1S/C14H20FN3O2.HI/c1-16-14(18-10-8-13(19)20-2)17-9-7-11-3-5-12(15)6-4-11;/h3-6H,7-10H2,1-2H3,(H2,16,17,18);1H. The van der Waals surface area contributed by atoms with Gasteiger partial charge < -0.3 is 15.4 Å². The van der Waals surface area contributed by atoms with Gasteiger partial charge in [0.25, 0.3) is 0 Å². The summed E-state index contributed by atoms with van der Waals surface area (Å²) in [6.07, 6.45) is 1.05. The average molecular weight is 409 g/mol. The van der Waals surface area contributed by atoms with Crippen molar-refractivity contribution >= 4 is 35.9 Å². The average Bonchev–Trinajstić information content (AvgIpc) is 2.47. The minimum absolute atomic E-state index is 0. The second-order valence-electron chi connectivity index (χ2n) is 4.13. The molecule has 5 nitrogen and oxygen atoms in total. The van der Waals surface area contributed by atoms with Crippen LogP contribution in [-0.2, 0) is 16.0 Å². The van der Waals surface area contributed by atoms with Crippen LogP contribution in [0.25, 0.3) is 0 Å². The monoisotopic (exact) mass is 409 g/mol. The molecule has 2 N–H and O–H groups in total. The largest absolute Gasteiger partial charge is 0.469 e. The van der Waals surface area contributed by atoms with E-state index in [1.807, 2.05) is 0 Å². The number of ether oxygens (including phenoxy) is 1. The number of rotatable bonds is 6. The number of hydrogen-bond donors (Lipinski definition) is 2. The van der Waals surface area contributed by atoms with Crippen molar-refractivity contribution in [2.45, 2.75) is 12.8 Å². The lowest BCUT2D eigenvalue weighted by atomic mass is 10.1. The van der Waals surface area contributed by atoms with Gasteiger partial charge in [-0.2, -0.15) is 0 Å². The summed E-state index contributed by atoms with van der Waals surface area (Å²) in [6, 6.07) is 6.40. The summed E-state index contributed by atoms with van der Waals surface area (Å²) in [5.74, 6) is 0.122. The molecule has 118 valence electrons. The molecule has 1 aromatic rings. The number of carbonyl (C=O) groups is 1. The van der Waals surface area contributed by atoms with Crippen molar-refractivity contribution in [1.29, 1.82) is 0 Å². The predicted octanol–water partition coefficient (Wildman–Crippen LogP) is 1.71. The molecule has 0 bridgehead atoms. The number of nitrogens with zero attached hydrogens (tertiary/aromatic N) is 1. The molecule has 0 unspecified atom stereocenters. The smallest absolute Gasteiger partial charge is 0.307 e. The van der Waals surface area contributed by atoms with E-state index in [-0.39, 0.29) is 42.2 Å². The first-order valence-electron chi connectivity index (χ1n) is 6.41. The molecule has 0 fully saturated rings. The minimum Gasteiger partial charge on any atom is -0.469 e. The second kappa shape index (κ2) is 11.3. The second-order valence-corrected chi connectivity index (χ2v) is 4.13. The Morgan fingerprint density at radius 2 is 1.86 bits per heavy atom. The zero-order valence-electron chi connectivity index (χ0n) is 12.2. The van der Waals surface area contributed by atoms with E-state index < -0.39 is 0 Å². The van der Waals surface area contributed by atoms with Gasteiger partial charge in [0.15, 0.2) is 5.96 Å². The summed E-state index contributed by atoms with van der Waals surface area (Å²) in [6.45, 7) is 1.13. The predicted molar refractivity (Wildman–Crippen MR) is 91.5 cm³/mol. The lowest BCUT2D eigenvalue weighted by Gasteiger charge is -2.11. The summed E-state index contributed by atoms with van der Waals surface area (Å²) >= 11 is 0. The van der Waals surface area contributed by atoms with Crippen LogP contribution < -0.4 is 10.6 Å². The van der Waals surface area contributed by atoms with Gasteiger partial charge in [0.1, 0.15) is 5.82 Å². The molecule has 21 heavy (non-hydrogen) atoms. The molecule has 0 saturated carbocycles. The van der Waals surface area contributed by atoms with Gasteiger partial charge in [-0.3, -0.25) is 9.79 Å². The summed E-state index contributed by atoms with van der Waals surface area (Å²) in [7, 11) is 3.02. The van der Waals surface area contributed by atoms with Gasteiger partial charge in [0.2, 0.25) is 0 Å². The Hall–Kier alpha value is -1.38. The van der Waals surface area contributed by atoms with Crippen LogP contribution in [0, 0.1) is 5.82 Å². The number of halogens is 2. The van der Waals surface area contributed by atoms with Gasteiger partial charge in [0, 0.05) is 20.1 Å². The third-order valence-corrected chi connectivity index (χ3v) is 2.69. The van der Waals surface area contributed by atoms with Crippen molar-refractivity contribution in [1.82, 2.24) is 10.6 Å². The zero-order valence-corrected chi connectivity index (χ0v) is 14.5. The number of esters is 1. The molecule has 1 rings (SSSR count). The minimum atomic E-state index is -0.265. The Kier molecular flexibility index (Phi) is 10.6. The summed E-state index contributed by atoms with van der Waals surface area (Å²) in [5.41, 5.74) is 1.05. The maximum absolute atomic E-state index is 12.7. The highest BCUT2D eigenvalue weighted by Crippen LogP contribution is 2.02. The summed E-state index contributed by atoms with van der Waals surface area (Å²) < 4.78 is 17.3. The first kappa shape index (κ1) is 19.6. The summed E-state index contributed by atoms with van der Waals surface area (Å²) in [5, 5.41) is 6.13. The quantitative estimate of drug-likeness (QED) is 0.325. The molecule has 7 heteroatoms. The van der Waals surface area contributed by atoms with E-state index in [2.05, 4.69) is 20.4 Å². The van der Waals surface area contributed by atoms with Crippen LogP contribution in [0.2, 0.25) is 0 Å². The topological polar surface area (TPSA) is 62.7 Å². The number of aliphatic imine (C=N–C) groups is 1. The number of hydrogen-bond acceptors (Lipinski definition) is 3. The van der Waals surface area contributed by atoms with E-state index in [0.717, 1.165) is 12.0 Å². The molecular formula is C14H21FIN3O2. The van der Waals surface area contributed by atoms with Crippen molar-refractivity contribution < 1.29 is 13.9 Å². The van der Waals surface area contributed by atoms with Crippen LogP contribution >= 0.6 is 24.0 Å². The van der Waals surface area contributed by atoms with Crippen LogP contribution in [0.15, 0.2) is 29.3 Å². The lowest BCUT2D eigenvalue weighted by Crippen LogP contribution is -2.39. The Morgan fingerprint density at radius 3 is 2.43 bits per heavy atom. The van der Waals surface area contributed by atoms with Crippen LogP contribution in [-0.4, -0.2) is 39.2 Å². The molecule has 0 spiro atoms. The highest BCUT2D eigenvalue weighted by Gasteiger charge is 2.01. The normalized spacial score (nSPS) is 10.5. The van der Waals surface area contributed by atoms with E-state index in [0.29, 0.717) is 19.0 Å². The van der Waals surface area contributed by atoms with Crippen LogP contribution in [0.3, 0.4) is 0 Å². The molecule has 0 saturated heterocycles. The zero-order chi connectivity index (χ0) is 14.8. The number of methoxy groups -OCH3 is 1. The fraction of sp³-hybridized carbons (Fsp3) is 0.429. The number of nitrogens with one attached hydrogen (secondary N) is 2. The first-order valence-corrected chi connectivity index (χ1v) is 6.41. The number of benzene rings is 1. The Morgan fingerprint density at radius 1 is 1.24 bits per heavy atom. The fourth-order valence-corrected chi connectivity index (χ4v) is 1.58. The van der Waals surface area contributed by atoms with E-state index in [1.54, 1.807) is 19.2 Å². The van der Waals surface area contributed by atoms with Crippen molar-refractivity contribution in [3.8, 4) is 0 Å². The van der Waals surface area contributed by atoms with Gasteiger partial charge in [0.05, 0.1) is 13.5 Å². The van der Waals surface area contributed by atoms with Crippen LogP contribution in [0.1, 0.15) is 12.0 Å². The molecule has 0 amide bonds. The number of carbonyl (C=O) groups excluding carboxylic acids is 1. The van der Waals surface area contributed by atoms with Crippen molar-refractivity contribution in [2.75, 3.05) is 27.2 Å². The van der Waals surface area contributed by atoms with E-state index in [9.17, 15) is 9.18 Å². The molecule has 0 heterocycles. The maximum Gasteiger partial charge on any atom is 0.307 e. The molecule has 0 aliphatic rings.